The molecule has 0 unspecified atom stereocenters. The minimum atomic E-state index is -0.601. The number of halogens is 2. The molecule has 0 atom stereocenters. The van der Waals surface area contributed by atoms with Crippen molar-refractivity contribution < 1.29 is 45.4 Å². The molecule has 14 nitrogen and oxygen atoms in total. The van der Waals surface area contributed by atoms with Crippen molar-refractivity contribution in [3.63, 3.8) is 0 Å². The summed E-state index contributed by atoms with van der Waals surface area (Å²) in [4.78, 5) is 50.6. The molecule has 1 aliphatic rings. The van der Waals surface area contributed by atoms with Crippen LogP contribution in [0.1, 0.15) is 50.4 Å². The number of aryl methyl sites for hydroxylation is 1. The number of methoxy groups -OCH3 is 1. The molecule has 0 radical (unpaired) electrons. The van der Waals surface area contributed by atoms with Crippen molar-refractivity contribution in [1.82, 2.24) is 29.7 Å². The van der Waals surface area contributed by atoms with Crippen LogP contribution in [0.5, 0.6) is 5.75 Å². The fourth-order valence-corrected chi connectivity index (χ4v) is 5.11. The van der Waals surface area contributed by atoms with Crippen LogP contribution in [0.3, 0.4) is 0 Å². The number of ether oxygens (including phenoxy) is 2. The zero-order chi connectivity index (χ0) is 31.5. The number of nitrogens with one attached hydrogen (secondary N) is 1. The first-order valence-electron chi connectivity index (χ1n) is 14.0. The number of aromatic nitrogens is 4. The van der Waals surface area contributed by atoms with Gasteiger partial charge in [-0.1, -0.05) is 11.6 Å². The molecule has 44 heavy (non-hydrogen) atoms. The summed E-state index contributed by atoms with van der Waals surface area (Å²) in [6, 6.07) is 5.59. The number of anilines is 2. The molecule has 0 spiro atoms. The van der Waals surface area contributed by atoms with E-state index in [0.717, 1.165) is 11.0 Å². The van der Waals surface area contributed by atoms with Gasteiger partial charge in [-0.15, -0.1) is 0 Å². The van der Waals surface area contributed by atoms with E-state index < -0.39 is 11.5 Å². The zero-order valence-corrected chi connectivity index (χ0v) is 27.9. The second-order valence-electron chi connectivity index (χ2n) is 11.1. The molecule has 2 aromatic heterocycles. The molecule has 0 saturated carbocycles. The highest BCUT2D eigenvalue weighted by Gasteiger charge is 2.31. The van der Waals surface area contributed by atoms with Gasteiger partial charge >= 0.3 is 6.09 Å². The average Bonchev–Trinajstić information content (AvgIpc) is 3.07. The lowest BCUT2D eigenvalue weighted by Crippen LogP contribution is -3.00. The Morgan fingerprint density at radius 2 is 1.75 bits per heavy atom. The second kappa shape index (κ2) is 14.3. The monoisotopic (exact) mass is 695 g/mol. The lowest BCUT2D eigenvalue weighted by molar-refractivity contribution is -0.668. The maximum atomic E-state index is 13.7. The Labute approximate surface area is 271 Å². The first-order chi connectivity index (χ1) is 20.3. The van der Waals surface area contributed by atoms with Crippen LogP contribution < -0.4 is 43.1 Å². The lowest BCUT2D eigenvalue weighted by atomic mass is 10.2. The highest BCUT2D eigenvalue weighted by molar-refractivity contribution is 6.31. The van der Waals surface area contributed by atoms with E-state index in [0.29, 0.717) is 50.7 Å². The minimum absolute atomic E-state index is 0. The zero-order valence-electron chi connectivity index (χ0n) is 25.5. The molecule has 1 saturated heterocycles. The molecule has 0 bridgehead atoms. The topological polar surface area (TPSA) is 175 Å². The van der Waals surface area contributed by atoms with E-state index in [1.807, 2.05) is 55.0 Å². The molecule has 240 valence electrons. The molecule has 16 heteroatoms. The Balaban J connectivity index is 0.00000529. The summed E-state index contributed by atoms with van der Waals surface area (Å²) in [6.45, 7) is 9.81. The summed E-state index contributed by atoms with van der Waals surface area (Å²) < 4.78 is 14.9. The Bertz CT molecular complexity index is 1540. The second-order valence-corrected chi connectivity index (χ2v) is 11.5. The largest absolute Gasteiger partial charge is 1.00 e. The van der Waals surface area contributed by atoms with Crippen molar-refractivity contribution in [2.45, 2.75) is 59.4 Å². The van der Waals surface area contributed by atoms with Gasteiger partial charge in [0.05, 0.1) is 13.7 Å². The molecule has 5 N–H and O–H groups in total. The number of carbonyl (C=O) groups excluding carboxylic acids is 3. The summed E-state index contributed by atoms with van der Waals surface area (Å²) in [5.41, 5.74) is 12.4. The lowest BCUT2D eigenvalue weighted by Gasteiger charge is -2.26. The van der Waals surface area contributed by atoms with Gasteiger partial charge in [0.15, 0.2) is 40.1 Å². The summed E-state index contributed by atoms with van der Waals surface area (Å²) >= 11 is 5.97. The van der Waals surface area contributed by atoms with Crippen LogP contribution in [0.25, 0.3) is 11.0 Å². The molecule has 1 fully saturated rings. The summed E-state index contributed by atoms with van der Waals surface area (Å²) in [7, 11) is 1.59. The van der Waals surface area contributed by atoms with Crippen molar-refractivity contribution in [3.05, 3.63) is 34.9 Å². The van der Waals surface area contributed by atoms with Crippen LogP contribution in [0.15, 0.2) is 18.2 Å². The van der Waals surface area contributed by atoms with E-state index in [4.69, 9.17) is 32.5 Å². The van der Waals surface area contributed by atoms with Crippen LogP contribution in [0.2, 0.25) is 5.15 Å². The SMILES string of the molecule is CCn1c(CNC(=O)c2nc(Cl)c(N)nc2N)[n+](CC(=O)N2CCCN(C(=O)OC(C)(C)C)CC2)c2ccc(OC)cc21.[Br-]. The molecule has 4 rings (SSSR count). The van der Waals surface area contributed by atoms with Gasteiger partial charge in [0, 0.05) is 32.2 Å². The van der Waals surface area contributed by atoms with Gasteiger partial charge < -0.3 is 53.0 Å². The third-order valence-corrected chi connectivity index (χ3v) is 7.30. The van der Waals surface area contributed by atoms with E-state index in [2.05, 4.69) is 15.3 Å². The van der Waals surface area contributed by atoms with Crippen LogP contribution in [-0.4, -0.2) is 81.1 Å². The summed E-state index contributed by atoms with van der Waals surface area (Å²) in [5, 5.41) is 2.70. The highest BCUT2D eigenvalue weighted by Crippen LogP contribution is 2.22. The van der Waals surface area contributed by atoms with Crippen molar-refractivity contribution in [2.75, 3.05) is 44.8 Å². The Morgan fingerprint density at radius 3 is 2.41 bits per heavy atom. The number of nitrogens with zero attached hydrogens (tertiary/aromatic N) is 6. The molecule has 1 aromatic carbocycles. The van der Waals surface area contributed by atoms with Gasteiger partial charge in [0.1, 0.15) is 17.9 Å². The van der Waals surface area contributed by atoms with Gasteiger partial charge in [0.2, 0.25) is 0 Å². The predicted molar refractivity (Wildman–Crippen MR) is 160 cm³/mol. The third-order valence-electron chi connectivity index (χ3n) is 7.02. The van der Waals surface area contributed by atoms with Crippen molar-refractivity contribution in [2.24, 2.45) is 0 Å². The Morgan fingerprint density at radius 1 is 1.07 bits per heavy atom. The fraction of sp³-hybridized carbons (Fsp3) is 0.500. The van der Waals surface area contributed by atoms with Gasteiger partial charge in [0.25, 0.3) is 17.6 Å². The molecule has 1 aliphatic heterocycles. The first kappa shape index (κ1) is 34.6. The number of amides is 3. The van der Waals surface area contributed by atoms with Crippen molar-refractivity contribution >= 4 is 52.2 Å². The number of benzene rings is 1. The number of hydrogen-bond donors (Lipinski definition) is 3. The van der Waals surface area contributed by atoms with Crippen molar-refractivity contribution in [1.29, 1.82) is 0 Å². The van der Waals surface area contributed by atoms with E-state index in [-0.39, 0.29) is 64.6 Å². The normalized spacial score (nSPS) is 13.7. The number of rotatable bonds is 7. The molecular weight excluding hydrogens is 658 g/mol. The van der Waals surface area contributed by atoms with Crippen molar-refractivity contribution in [3.8, 4) is 5.75 Å². The number of hydrogen-bond acceptors (Lipinski definition) is 9. The molecule has 3 aromatic rings. The van der Waals surface area contributed by atoms with E-state index in [9.17, 15) is 14.4 Å². The first-order valence-corrected chi connectivity index (χ1v) is 14.4. The predicted octanol–water partition coefficient (Wildman–Crippen LogP) is -1.03. The van der Waals surface area contributed by atoms with E-state index in [1.165, 1.54) is 0 Å². The van der Waals surface area contributed by atoms with Crippen LogP contribution >= 0.6 is 11.6 Å². The number of imidazole rings is 1. The smallest absolute Gasteiger partial charge is 0.410 e. The molecule has 3 heterocycles. The molecule has 3 amide bonds. The number of nitrogens with two attached hydrogens (primary N) is 2. The maximum Gasteiger partial charge on any atom is 0.410 e. The summed E-state index contributed by atoms with van der Waals surface area (Å²) in [5.74, 6) is 0.397. The highest BCUT2D eigenvalue weighted by atomic mass is 79.9. The number of fused-ring (bicyclic) bond motifs is 1. The van der Waals surface area contributed by atoms with Gasteiger partial charge in [-0.2, -0.15) is 0 Å². The number of nitrogen functional groups attached to an aromatic ring is 2. The molecular formula is C28H39BrClN9O5. The van der Waals surface area contributed by atoms with Crippen LogP contribution in [0.4, 0.5) is 16.4 Å². The summed E-state index contributed by atoms with van der Waals surface area (Å²) in [6.07, 6.45) is 0.237. The standard InChI is InChI=1S/C28H38ClN9O5.BrH/c1-6-37-19-14-17(42-5)8-9-18(19)38(20(37)15-32-26(40)22-24(30)34-25(31)23(29)33-22)16-21(39)35-10-7-11-36(13-12-35)27(41)43-28(2,3)4;/h8-9,14H,6-7,10-13,15-16H2,1-5H3,(H4-,30,31,32,34,40);1H. The van der Waals surface area contributed by atoms with Gasteiger partial charge in [-0.25, -0.2) is 23.9 Å². The Kier molecular flexibility index (Phi) is 11.2. The van der Waals surface area contributed by atoms with Gasteiger partial charge in [-0.05, 0) is 46.2 Å². The molecule has 0 aliphatic carbocycles. The average molecular weight is 697 g/mol. The van der Waals surface area contributed by atoms with Crippen LogP contribution in [0, 0.1) is 0 Å². The van der Waals surface area contributed by atoms with E-state index >= 15 is 0 Å². The third kappa shape index (κ3) is 7.80. The van der Waals surface area contributed by atoms with E-state index in [1.54, 1.807) is 16.9 Å². The Hall–Kier alpha value is -3.85. The maximum absolute atomic E-state index is 13.7. The fourth-order valence-electron chi connectivity index (χ4n) is 4.98. The minimum Gasteiger partial charge on any atom is -1.00 e. The van der Waals surface area contributed by atoms with Crippen LogP contribution in [-0.2, 0) is 29.2 Å². The van der Waals surface area contributed by atoms with Gasteiger partial charge in [-0.3, -0.25) is 9.59 Å². The number of carbonyl (C=O) groups is 3. The quantitative estimate of drug-likeness (QED) is 0.261.